The molecular weight excluding hydrogens is 369 g/mol. The molecule has 0 saturated heterocycles. The molecule has 0 atom stereocenters. The summed E-state index contributed by atoms with van der Waals surface area (Å²) in [7, 11) is 0. The second-order valence-corrected chi connectivity index (χ2v) is 6.71. The molecule has 3 aromatic carbocycles. The first-order valence-electron chi connectivity index (χ1n) is 9.28. The molecule has 1 heterocycles. The van der Waals surface area contributed by atoms with Gasteiger partial charge in [0.25, 0.3) is 0 Å². The number of halogens is 1. The minimum absolute atomic E-state index is 0.0738. The molecule has 4 rings (SSSR count). The van der Waals surface area contributed by atoms with Crippen molar-refractivity contribution in [1.82, 2.24) is 9.55 Å². The van der Waals surface area contributed by atoms with E-state index in [0.29, 0.717) is 11.5 Å². The molecule has 1 amide bonds. The Kier molecular flexibility index (Phi) is 5.24. The van der Waals surface area contributed by atoms with E-state index in [-0.39, 0.29) is 24.9 Å². The van der Waals surface area contributed by atoms with Gasteiger partial charge in [0, 0.05) is 5.69 Å². The lowest BCUT2D eigenvalue weighted by atomic mass is 10.2. The number of hydrogen-bond acceptors (Lipinski definition) is 3. The molecule has 0 fully saturated rings. The maximum atomic E-state index is 13.1. The molecule has 6 heteroatoms. The Bertz CT molecular complexity index is 1150. The molecule has 4 aromatic rings. The third-order valence-corrected chi connectivity index (χ3v) is 4.61. The quantitative estimate of drug-likeness (QED) is 0.520. The predicted molar refractivity (Wildman–Crippen MR) is 110 cm³/mol. The zero-order chi connectivity index (χ0) is 20.2. The van der Waals surface area contributed by atoms with Gasteiger partial charge in [0.2, 0.25) is 5.91 Å². The number of benzene rings is 3. The molecule has 0 unspecified atom stereocenters. The number of fused-ring (bicyclic) bond motifs is 1. The van der Waals surface area contributed by atoms with Crippen molar-refractivity contribution in [3.8, 4) is 5.75 Å². The van der Waals surface area contributed by atoms with E-state index in [1.54, 1.807) is 0 Å². The van der Waals surface area contributed by atoms with Crippen molar-refractivity contribution in [2.24, 2.45) is 0 Å². The van der Waals surface area contributed by atoms with Crippen molar-refractivity contribution >= 4 is 22.6 Å². The molecule has 5 nitrogen and oxygen atoms in total. The summed E-state index contributed by atoms with van der Waals surface area (Å²) in [5.41, 5.74) is 3.22. The third kappa shape index (κ3) is 4.27. The maximum Gasteiger partial charge on any atom is 0.244 e. The van der Waals surface area contributed by atoms with E-state index >= 15 is 0 Å². The van der Waals surface area contributed by atoms with E-state index in [1.165, 1.54) is 24.3 Å². The van der Waals surface area contributed by atoms with Gasteiger partial charge < -0.3 is 14.6 Å². The maximum absolute atomic E-state index is 13.1. The number of imidazole rings is 1. The summed E-state index contributed by atoms with van der Waals surface area (Å²) in [6.45, 7) is 2.29. The topological polar surface area (TPSA) is 56.2 Å². The largest absolute Gasteiger partial charge is 0.485 e. The Morgan fingerprint density at radius 3 is 2.55 bits per heavy atom. The number of nitrogens with zero attached hydrogens (tertiary/aromatic N) is 2. The van der Waals surface area contributed by atoms with Crippen LogP contribution in [-0.4, -0.2) is 15.5 Å². The van der Waals surface area contributed by atoms with E-state index < -0.39 is 0 Å². The number of para-hydroxylation sites is 3. The molecule has 146 valence electrons. The van der Waals surface area contributed by atoms with Crippen LogP contribution in [0.5, 0.6) is 5.75 Å². The summed E-state index contributed by atoms with van der Waals surface area (Å²) < 4.78 is 20.9. The van der Waals surface area contributed by atoms with Gasteiger partial charge in [-0.05, 0) is 55.0 Å². The second-order valence-electron chi connectivity index (χ2n) is 6.71. The van der Waals surface area contributed by atoms with Gasteiger partial charge in [-0.1, -0.05) is 30.3 Å². The molecule has 0 aliphatic rings. The van der Waals surface area contributed by atoms with Gasteiger partial charge in [-0.3, -0.25) is 4.79 Å². The third-order valence-electron chi connectivity index (χ3n) is 4.61. The average molecular weight is 389 g/mol. The highest BCUT2D eigenvalue weighted by Crippen LogP contribution is 2.21. The lowest BCUT2D eigenvalue weighted by Crippen LogP contribution is -2.20. The Balaban J connectivity index is 1.57. The zero-order valence-electron chi connectivity index (χ0n) is 15.9. The van der Waals surface area contributed by atoms with Crippen molar-refractivity contribution in [3.05, 3.63) is 90.0 Å². The van der Waals surface area contributed by atoms with Crippen LogP contribution in [-0.2, 0) is 17.9 Å². The van der Waals surface area contributed by atoms with Crippen LogP contribution < -0.4 is 10.1 Å². The van der Waals surface area contributed by atoms with Crippen molar-refractivity contribution in [2.45, 2.75) is 20.1 Å². The molecule has 29 heavy (non-hydrogen) atoms. The summed E-state index contributed by atoms with van der Waals surface area (Å²) in [6.07, 6.45) is 0. The van der Waals surface area contributed by atoms with Gasteiger partial charge >= 0.3 is 0 Å². The molecular formula is C23H20FN3O2. The lowest BCUT2D eigenvalue weighted by Gasteiger charge is -2.12. The van der Waals surface area contributed by atoms with Crippen LogP contribution in [0, 0.1) is 12.7 Å². The summed E-state index contributed by atoms with van der Waals surface area (Å²) in [5, 5.41) is 2.79. The van der Waals surface area contributed by atoms with Crippen molar-refractivity contribution in [1.29, 1.82) is 0 Å². The number of hydrogen-bond donors (Lipinski definition) is 1. The fourth-order valence-electron chi connectivity index (χ4n) is 3.15. The van der Waals surface area contributed by atoms with E-state index in [4.69, 9.17) is 4.74 Å². The van der Waals surface area contributed by atoms with Crippen molar-refractivity contribution in [3.63, 3.8) is 0 Å². The lowest BCUT2D eigenvalue weighted by molar-refractivity contribution is -0.116. The number of nitrogens with one attached hydrogen (secondary N) is 1. The summed E-state index contributed by atoms with van der Waals surface area (Å²) in [4.78, 5) is 17.2. The van der Waals surface area contributed by atoms with Crippen LogP contribution in [0.25, 0.3) is 11.0 Å². The Morgan fingerprint density at radius 1 is 1.03 bits per heavy atom. The zero-order valence-corrected chi connectivity index (χ0v) is 15.9. The monoisotopic (exact) mass is 389 g/mol. The number of ether oxygens (including phenoxy) is 1. The fraction of sp³-hybridized carbons (Fsp3) is 0.130. The SMILES string of the molecule is Cc1ccccc1OCc1nc2ccccc2n1CC(=O)Nc1ccc(F)cc1. The van der Waals surface area contributed by atoms with Gasteiger partial charge in [0.1, 0.15) is 30.5 Å². The Labute approximate surface area is 167 Å². The van der Waals surface area contributed by atoms with Gasteiger partial charge in [-0.15, -0.1) is 0 Å². The van der Waals surface area contributed by atoms with Crippen LogP contribution in [0.1, 0.15) is 11.4 Å². The van der Waals surface area contributed by atoms with Crippen LogP contribution in [0.3, 0.4) is 0 Å². The number of anilines is 1. The smallest absolute Gasteiger partial charge is 0.244 e. The summed E-state index contributed by atoms with van der Waals surface area (Å²) in [6, 6.07) is 21.1. The fourth-order valence-corrected chi connectivity index (χ4v) is 3.15. The summed E-state index contributed by atoms with van der Waals surface area (Å²) >= 11 is 0. The molecule has 0 aliphatic carbocycles. The molecule has 1 aromatic heterocycles. The van der Waals surface area contributed by atoms with Gasteiger partial charge in [-0.2, -0.15) is 0 Å². The first-order valence-corrected chi connectivity index (χ1v) is 9.28. The molecule has 0 bridgehead atoms. The second kappa shape index (κ2) is 8.14. The average Bonchev–Trinajstić information content (AvgIpc) is 3.06. The summed E-state index contributed by atoms with van der Waals surface area (Å²) in [5.74, 6) is 0.863. The van der Waals surface area contributed by atoms with Crippen molar-refractivity contribution < 1.29 is 13.9 Å². The molecule has 0 saturated carbocycles. The van der Waals surface area contributed by atoms with Crippen LogP contribution in [0.4, 0.5) is 10.1 Å². The molecule has 1 N–H and O–H groups in total. The van der Waals surface area contributed by atoms with E-state index in [2.05, 4.69) is 10.3 Å². The van der Waals surface area contributed by atoms with Gasteiger partial charge in [-0.25, -0.2) is 9.37 Å². The normalized spacial score (nSPS) is 10.8. The highest BCUT2D eigenvalue weighted by molar-refractivity contribution is 5.91. The molecule has 0 radical (unpaired) electrons. The molecule has 0 aliphatic heterocycles. The minimum Gasteiger partial charge on any atom is -0.485 e. The van der Waals surface area contributed by atoms with Crippen LogP contribution in [0.15, 0.2) is 72.8 Å². The highest BCUT2D eigenvalue weighted by Gasteiger charge is 2.15. The van der Waals surface area contributed by atoms with Crippen molar-refractivity contribution in [2.75, 3.05) is 5.32 Å². The van der Waals surface area contributed by atoms with E-state index in [0.717, 1.165) is 22.3 Å². The first kappa shape index (κ1) is 18.7. The number of carbonyl (C=O) groups is 1. The highest BCUT2D eigenvalue weighted by atomic mass is 19.1. The Morgan fingerprint density at radius 2 is 1.76 bits per heavy atom. The number of aromatic nitrogens is 2. The number of amides is 1. The standard InChI is InChI=1S/C23H20FN3O2/c1-16-6-2-5-9-21(16)29-15-22-26-19-7-3-4-8-20(19)27(22)14-23(28)25-18-12-10-17(24)11-13-18/h2-13H,14-15H2,1H3,(H,25,28). The number of carbonyl (C=O) groups excluding carboxylic acids is 1. The van der Waals surface area contributed by atoms with Gasteiger partial charge in [0.15, 0.2) is 0 Å². The molecule has 0 spiro atoms. The predicted octanol–water partition coefficient (Wildman–Crippen LogP) is 4.70. The minimum atomic E-state index is -0.348. The van der Waals surface area contributed by atoms with Crippen LogP contribution in [0.2, 0.25) is 0 Å². The Hall–Kier alpha value is -3.67. The first-order chi connectivity index (χ1) is 14.1. The van der Waals surface area contributed by atoms with Crippen LogP contribution >= 0.6 is 0 Å². The van der Waals surface area contributed by atoms with Gasteiger partial charge in [0.05, 0.1) is 11.0 Å². The van der Waals surface area contributed by atoms with E-state index in [9.17, 15) is 9.18 Å². The number of aryl methyl sites for hydroxylation is 1. The number of rotatable bonds is 6. The van der Waals surface area contributed by atoms with E-state index in [1.807, 2.05) is 60.0 Å².